The first-order valence-corrected chi connectivity index (χ1v) is 7.90. The summed E-state index contributed by atoms with van der Waals surface area (Å²) in [6.07, 6.45) is 0. The topological polar surface area (TPSA) is 93.4 Å². The van der Waals surface area contributed by atoms with E-state index >= 15 is 0 Å². The Morgan fingerprint density at radius 3 is 2.09 bits per heavy atom. The number of carboxylic acid groups (broad SMARTS) is 1. The third kappa shape index (κ3) is 2.55. The molecule has 7 heteroatoms. The molecule has 0 bridgehead atoms. The maximum absolute atomic E-state index is 12.6. The van der Waals surface area contributed by atoms with Crippen LogP contribution in [0.3, 0.4) is 0 Å². The Morgan fingerprint density at radius 2 is 1.68 bits per heavy atom. The monoisotopic (exact) mass is 321 g/mol. The van der Waals surface area contributed by atoms with Crippen LogP contribution in [0.15, 0.2) is 40.1 Å². The standard InChI is InChI=1S/C15H15NO5S/c1-9-14(8-13(15(18)19)16(9)3)22(20,21)12-6-4-11(5-7-12)10(2)17/h4-8H,1-3H3,(H,18,19). The highest BCUT2D eigenvalue weighted by Crippen LogP contribution is 2.26. The zero-order valence-corrected chi connectivity index (χ0v) is 13.1. The van der Waals surface area contributed by atoms with E-state index in [0.29, 0.717) is 11.3 Å². The second kappa shape index (κ2) is 5.42. The number of carbonyl (C=O) groups is 2. The van der Waals surface area contributed by atoms with Crippen molar-refractivity contribution in [3.05, 3.63) is 47.3 Å². The van der Waals surface area contributed by atoms with E-state index in [2.05, 4.69) is 0 Å². The van der Waals surface area contributed by atoms with Crippen molar-refractivity contribution in [3.63, 3.8) is 0 Å². The molecular formula is C15H15NO5S. The predicted molar refractivity (Wildman–Crippen MR) is 79.0 cm³/mol. The molecule has 2 aromatic rings. The van der Waals surface area contributed by atoms with E-state index in [1.165, 1.54) is 42.8 Å². The zero-order valence-electron chi connectivity index (χ0n) is 12.3. The van der Waals surface area contributed by atoms with Gasteiger partial charge < -0.3 is 9.67 Å². The fourth-order valence-corrected chi connectivity index (χ4v) is 3.69. The minimum atomic E-state index is -3.84. The molecule has 0 saturated carbocycles. The SMILES string of the molecule is CC(=O)c1ccc(S(=O)(=O)c2cc(C(=O)O)n(C)c2C)cc1. The summed E-state index contributed by atoms with van der Waals surface area (Å²) in [5, 5.41) is 9.08. The molecule has 0 aliphatic rings. The number of benzene rings is 1. The van der Waals surface area contributed by atoms with Crippen LogP contribution in [-0.2, 0) is 16.9 Å². The summed E-state index contributed by atoms with van der Waals surface area (Å²) in [6, 6.07) is 6.71. The van der Waals surface area contributed by atoms with Crippen LogP contribution < -0.4 is 0 Å². The molecule has 22 heavy (non-hydrogen) atoms. The number of nitrogens with zero attached hydrogens (tertiary/aromatic N) is 1. The van der Waals surface area contributed by atoms with E-state index in [9.17, 15) is 18.0 Å². The number of carboxylic acids is 1. The van der Waals surface area contributed by atoms with Gasteiger partial charge in [-0.2, -0.15) is 0 Å². The van der Waals surface area contributed by atoms with Crippen LogP contribution in [0.4, 0.5) is 0 Å². The van der Waals surface area contributed by atoms with Crippen molar-refractivity contribution >= 4 is 21.6 Å². The Labute approximate surface area is 127 Å². The molecule has 1 aromatic heterocycles. The maximum atomic E-state index is 12.6. The van der Waals surface area contributed by atoms with Gasteiger partial charge in [0, 0.05) is 18.3 Å². The number of hydrogen-bond donors (Lipinski definition) is 1. The Kier molecular flexibility index (Phi) is 3.93. The van der Waals surface area contributed by atoms with Gasteiger partial charge in [0.15, 0.2) is 5.78 Å². The van der Waals surface area contributed by atoms with E-state index in [0.717, 1.165) is 6.07 Å². The highest BCUT2D eigenvalue weighted by Gasteiger charge is 2.25. The first kappa shape index (κ1) is 16.0. The molecule has 1 N–H and O–H groups in total. The summed E-state index contributed by atoms with van der Waals surface area (Å²) in [4.78, 5) is 22.3. The van der Waals surface area contributed by atoms with E-state index in [1.54, 1.807) is 6.92 Å². The Morgan fingerprint density at radius 1 is 1.14 bits per heavy atom. The number of aromatic nitrogens is 1. The van der Waals surface area contributed by atoms with Crippen LogP contribution in [0.5, 0.6) is 0 Å². The van der Waals surface area contributed by atoms with Crippen LogP contribution in [0.2, 0.25) is 0 Å². The smallest absolute Gasteiger partial charge is 0.352 e. The Hall–Kier alpha value is -2.41. The average Bonchev–Trinajstić information content (AvgIpc) is 2.76. The second-order valence-corrected chi connectivity index (χ2v) is 6.85. The van der Waals surface area contributed by atoms with Gasteiger partial charge in [0.1, 0.15) is 5.69 Å². The normalized spacial score (nSPS) is 11.4. The largest absolute Gasteiger partial charge is 0.477 e. The summed E-state index contributed by atoms with van der Waals surface area (Å²) in [7, 11) is -2.35. The lowest BCUT2D eigenvalue weighted by molar-refractivity contribution is 0.0686. The van der Waals surface area contributed by atoms with Crippen LogP contribution >= 0.6 is 0 Å². The van der Waals surface area contributed by atoms with Crippen LogP contribution in [0.1, 0.15) is 33.5 Å². The highest BCUT2D eigenvalue weighted by molar-refractivity contribution is 7.91. The molecule has 0 fully saturated rings. The van der Waals surface area contributed by atoms with Gasteiger partial charge in [-0.25, -0.2) is 13.2 Å². The lowest BCUT2D eigenvalue weighted by Crippen LogP contribution is -2.06. The molecular weight excluding hydrogens is 306 g/mol. The van der Waals surface area contributed by atoms with Crippen LogP contribution in [0.25, 0.3) is 0 Å². The van der Waals surface area contributed by atoms with Crippen molar-refractivity contribution in [3.8, 4) is 0 Å². The van der Waals surface area contributed by atoms with Gasteiger partial charge in [-0.15, -0.1) is 0 Å². The summed E-state index contributed by atoms with van der Waals surface area (Å²) in [5.74, 6) is -1.35. The van der Waals surface area contributed by atoms with Gasteiger partial charge in [-0.05, 0) is 32.0 Å². The molecule has 0 saturated heterocycles. The molecule has 0 aliphatic carbocycles. The predicted octanol–water partition coefficient (Wildman–Crippen LogP) is 2.07. The number of hydrogen-bond acceptors (Lipinski definition) is 4. The fraction of sp³-hybridized carbons (Fsp3) is 0.200. The summed E-state index contributed by atoms with van der Waals surface area (Å²) in [5.41, 5.74) is 0.652. The van der Waals surface area contributed by atoms with Crippen LogP contribution in [-0.4, -0.2) is 29.8 Å². The third-order valence-electron chi connectivity index (χ3n) is 3.57. The summed E-state index contributed by atoms with van der Waals surface area (Å²) < 4.78 is 26.6. The molecule has 116 valence electrons. The minimum absolute atomic E-state index is 0.0168. The first-order chi connectivity index (χ1) is 10.2. The lowest BCUT2D eigenvalue weighted by Gasteiger charge is -2.05. The molecule has 0 atom stereocenters. The highest BCUT2D eigenvalue weighted by atomic mass is 32.2. The zero-order chi connectivity index (χ0) is 16.7. The maximum Gasteiger partial charge on any atom is 0.352 e. The average molecular weight is 321 g/mol. The molecule has 0 spiro atoms. The summed E-state index contributed by atoms with van der Waals surface area (Å²) >= 11 is 0. The number of rotatable bonds is 4. The van der Waals surface area contributed by atoms with Crippen molar-refractivity contribution in [1.29, 1.82) is 0 Å². The van der Waals surface area contributed by atoms with E-state index in [1.807, 2.05) is 0 Å². The Balaban J connectivity index is 2.58. The molecule has 6 nitrogen and oxygen atoms in total. The molecule has 1 heterocycles. The number of carbonyl (C=O) groups excluding carboxylic acids is 1. The number of ketones is 1. The van der Waals surface area contributed by atoms with Gasteiger partial charge in [0.2, 0.25) is 9.84 Å². The van der Waals surface area contributed by atoms with Crippen molar-refractivity contribution < 1.29 is 23.1 Å². The second-order valence-electron chi connectivity index (χ2n) is 4.93. The number of aromatic carboxylic acids is 1. The fourth-order valence-electron chi connectivity index (χ4n) is 2.14. The lowest BCUT2D eigenvalue weighted by atomic mass is 10.2. The molecule has 0 unspecified atom stereocenters. The van der Waals surface area contributed by atoms with Gasteiger partial charge in [0.05, 0.1) is 9.79 Å². The van der Waals surface area contributed by atoms with Gasteiger partial charge in [-0.1, -0.05) is 12.1 Å². The first-order valence-electron chi connectivity index (χ1n) is 6.42. The molecule has 0 amide bonds. The molecule has 2 rings (SSSR count). The quantitative estimate of drug-likeness (QED) is 0.870. The van der Waals surface area contributed by atoms with Crippen molar-refractivity contribution in [2.45, 2.75) is 23.6 Å². The van der Waals surface area contributed by atoms with E-state index < -0.39 is 15.8 Å². The number of sulfone groups is 1. The van der Waals surface area contributed by atoms with Crippen molar-refractivity contribution in [2.24, 2.45) is 7.05 Å². The number of Topliss-reactive ketones (excluding diaryl/α,β-unsaturated/α-hetero) is 1. The molecule has 0 radical (unpaired) electrons. The minimum Gasteiger partial charge on any atom is -0.477 e. The van der Waals surface area contributed by atoms with E-state index in [-0.39, 0.29) is 21.3 Å². The van der Waals surface area contributed by atoms with Crippen molar-refractivity contribution in [1.82, 2.24) is 4.57 Å². The van der Waals surface area contributed by atoms with Gasteiger partial charge in [-0.3, -0.25) is 4.79 Å². The van der Waals surface area contributed by atoms with E-state index in [4.69, 9.17) is 5.11 Å². The van der Waals surface area contributed by atoms with Gasteiger partial charge in [0.25, 0.3) is 0 Å². The van der Waals surface area contributed by atoms with Crippen molar-refractivity contribution in [2.75, 3.05) is 0 Å². The third-order valence-corrected chi connectivity index (χ3v) is 5.45. The van der Waals surface area contributed by atoms with Gasteiger partial charge >= 0.3 is 5.97 Å². The molecule has 1 aromatic carbocycles. The molecule has 0 aliphatic heterocycles. The van der Waals surface area contributed by atoms with Crippen LogP contribution in [0, 0.1) is 6.92 Å². The summed E-state index contributed by atoms with van der Waals surface area (Å²) in [6.45, 7) is 2.94. The Bertz CT molecular complexity index is 860.